The van der Waals surface area contributed by atoms with Gasteiger partial charge >= 0.3 is 0 Å². The van der Waals surface area contributed by atoms with Crippen LogP contribution in [-0.2, 0) is 6.54 Å². The van der Waals surface area contributed by atoms with E-state index in [1.54, 1.807) is 0 Å². The first-order chi connectivity index (χ1) is 9.37. The van der Waals surface area contributed by atoms with Gasteiger partial charge in [0.2, 0.25) is 0 Å². The Balaban J connectivity index is 2.75. The number of hydrogen-bond acceptors (Lipinski definition) is 3. The molecule has 1 rings (SSSR count). The maximum Gasteiger partial charge on any atom is 0.0447 e. The maximum absolute atomic E-state index is 8.96. The third-order valence-corrected chi connectivity index (χ3v) is 3.92. The molecule has 1 aromatic carbocycles. The average Bonchev–Trinajstić information content (AvgIpc) is 2.37. The number of hydrogen-bond donors (Lipinski definition) is 2. The van der Waals surface area contributed by atoms with Crippen LogP contribution in [0.4, 0.5) is 5.69 Å². The number of aliphatic hydroxyl groups is 1. The van der Waals surface area contributed by atoms with Crippen LogP contribution in [-0.4, -0.2) is 30.3 Å². The number of anilines is 1. The molecule has 0 fully saturated rings. The topological polar surface area (TPSA) is 35.5 Å². The van der Waals surface area contributed by atoms with Gasteiger partial charge in [-0.1, -0.05) is 22.0 Å². The summed E-state index contributed by atoms with van der Waals surface area (Å²) in [6, 6.07) is 6.49. The number of nitrogens with one attached hydrogen (secondary N) is 1. The highest BCUT2D eigenvalue weighted by Crippen LogP contribution is 2.24. The van der Waals surface area contributed by atoms with Crippen LogP contribution >= 0.6 is 15.9 Å². The van der Waals surface area contributed by atoms with E-state index < -0.39 is 0 Å². The molecule has 0 saturated carbocycles. The summed E-state index contributed by atoms with van der Waals surface area (Å²) in [7, 11) is 0. The van der Waals surface area contributed by atoms with Crippen LogP contribution in [0.1, 0.15) is 39.7 Å². The highest BCUT2D eigenvalue weighted by atomic mass is 79.9. The molecule has 0 spiro atoms. The maximum atomic E-state index is 8.96. The lowest BCUT2D eigenvalue weighted by Gasteiger charge is -2.24. The zero-order valence-electron chi connectivity index (χ0n) is 13.0. The summed E-state index contributed by atoms with van der Waals surface area (Å²) >= 11 is 3.66. The molecule has 0 amide bonds. The predicted molar refractivity (Wildman–Crippen MR) is 90.3 cm³/mol. The van der Waals surface area contributed by atoms with Gasteiger partial charge in [-0.15, -0.1) is 0 Å². The van der Waals surface area contributed by atoms with E-state index in [0.29, 0.717) is 0 Å². The second kappa shape index (κ2) is 8.01. The minimum atomic E-state index is 0.120. The highest BCUT2D eigenvalue weighted by Gasteiger charge is 2.11. The molecule has 0 unspecified atom stereocenters. The van der Waals surface area contributed by atoms with Crippen LogP contribution in [0, 0.1) is 0 Å². The molecule has 0 aromatic heterocycles. The van der Waals surface area contributed by atoms with Crippen LogP contribution in [0.3, 0.4) is 0 Å². The van der Waals surface area contributed by atoms with Gasteiger partial charge < -0.3 is 15.3 Å². The Kier molecular flexibility index (Phi) is 7.00. The van der Waals surface area contributed by atoms with Gasteiger partial charge in [-0.25, -0.2) is 0 Å². The molecule has 0 heterocycles. The lowest BCUT2D eigenvalue weighted by atomic mass is 10.1. The van der Waals surface area contributed by atoms with E-state index in [2.05, 4.69) is 72.0 Å². The lowest BCUT2D eigenvalue weighted by molar-refractivity contribution is 0.289. The van der Waals surface area contributed by atoms with Gasteiger partial charge in [0.1, 0.15) is 0 Å². The van der Waals surface area contributed by atoms with Crippen molar-refractivity contribution in [1.29, 1.82) is 0 Å². The number of halogens is 1. The van der Waals surface area contributed by atoms with Crippen LogP contribution in [0.5, 0.6) is 0 Å². The molecule has 1 aromatic rings. The molecule has 0 aliphatic heterocycles. The van der Waals surface area contributed by atoms with Crippen molar-refractivity contribution in [1.82, 2.24) is 5.32 Å². The molecule has 0 aliphatic carbocycles. The minimum Gasteiger partial charge on any atom is -0.396 e. The van der Waals surface area contributed by atoms with Crippen LogP contribution in [0.2, 0.25) is 0 Å². The van der Waals surface area contributed by atoms with E-state index in [9.17, 15) is 0 Å². The third kappa shape index (κ3) is 5.81. The summed E-state index contributed by atoms with van der Waals surface area (Å²) in [6.45, 7) is 11.6. The standard InChI is InChI=1S/C16H27BrN2O/c1-5-19(9-6-10-20)14-8-7-13(15(17)11-14)12-18-16(2,3)4/h7-8,11,18,20H,5-6,9-10,12H2,1-4H3. The summed E-state index contributed by atoms with van der Waals surface area (Å²) in [4.78, 5) is 2.28. The highest BCUT2D eigenvalue weighted by molar-refractivity contribution is 9.10. The Hall–Kier alpha value is -0.580. The molecular formula is C16H27BrN2O. The zero-order chi connectivity index (χ0) is 15.2. The molecule has 114 valence electrons. The fourth-order valence-corrected chi connectivity index (χ4v) is 2.47. The summed E-state index contributed by atoms with van der Waals surface area (Å²) in [5.41, 5.74) is 2.59. The van der Waals surface area contributed by atoms with Gasteiger partial charge in [0, 0.05) is 41.9 Å². The van der Waals surface area contributed by atoms with Gasteiger partial charge in [-0.05, 0) is 51.8 Å². The monoisotopic (exact) mass is 342 g/mol. The molecule has 0 saturated heterocycles. The minimum absolute atomic E-state index is 0.120. The molecular weight excluding hydrogens is 316 g/mol. The van der Waals surface area contributed by atoms with E-state index in [-0.39, 0.29) is 12.1 Å². The Labute approximate surface area is 131 Å². The van der Waals surface area contributed by atoms with E-state index in [1.165, 1.54) is 11.3 Å². The molecule has 4 heteroatoms. The number of benzene rings is 1. The first-order valence-electron chi connectivity index (χ1n) is 7.26. The summed E-state index contributed by atoms with van der Waals surface area (Å²) in [5, 5.41) is 12.5. The van der Waals surface area contributed by atoms with Crippen molar-refractivity contribution in [3.63, 3.8) is 0 Å². The SMILES string of the molecule is CCN(CCCO)c1ccc(CNC(C)(C)C)c(Br)c1. The third-order valence-electron chi connectivity index (χ3n) is 3.18. The Bertz CT molecular complexity index is 415. The molecule has 0 aliphatic rings. The molecule has 3 nitrogen and oxygen atoms in total. The largest absolute Gasteiger partial charge is 0.396 e. The van der Waals surface area contributed by atoms with Crippen LogP contribution < -0.4 is 10.2 Å². The van der Waals surface area contributed by atoms with E-state index >= 15 is 0 Å². The smallest absolute Gasteiger partial charge is 0.0447 e. The molecule has 2 N–H and O–H groups in total. The number of nitrogens with zero attached hydrogens (tertiary/aromatic N) is 1. The molecule has 0 bridgehead atoms. The Morgan fingerprint density at radius 2 is 2.00 bits per heavy atom. The molecule has 0 radical (unpaired) electrons. The number of rotatable bonds is 7. The van der Waals surface area contributed by atoms with Crippen LogP contribution in [0.15, 0.2) is 22.7 Å². The summed E-state index contributed by atoms with van der Waals surface area (Å²) < 4.78 is 1.13. The lowest BCUT2D eigenvalue weighted by Crippen LogP contribution is -2.35. The Morgan fingerprint density at radius 3 is 2.50 bits per heavy atom. The quantitative estimate of drug-likeness (QED) is 0.795. The van der Waals surface area contributed by atoms with Crippen molar-refractivity contribution in [2.75, 3.05) is 24.6 Å². The average molecular weight is 343 g/mol. The van der Waals surface area contributed by atoms with Crippen molar-refractivity contribution in [2.24, 2.45) is 0 Å². The van der Waals surface area contributed by atoms with Crippen LogP contribution in [0.25, 0.3) is 0 Å². The fraction of sp³-hybridized carbons (Fsp3) is 0.625. The molecule has 0 atom stereocenters. The van der Waals surface area contributed by atoms with E-state index in [0.717, 1.165) is 30.5 Å². The number of aliphatic hydroxyl groups excluding tert-OH is 1. The van der Waals surface area contributed by atoms with Crippen molar-refractivity contribution >= 4 is 21.6 Å². The summed E-state index contributed by atoms with van der Waals surface area (Å²) in [6.07, 6.45) is 0.804. The van der Waals surface area contributed by atoms with E-state index in [1.807, 2.05) is 0 Å². The first-order valence-corrected chi connectivity index (χ1v) is 8.06. The second-order valence-corrected chi connectivity index (χ2v) is 6.89. The summed E-state index contributed by atoms with van der Waals surface area (Å²) in [5.74, 6) is 0. The van der Waals surface area contributed by atoms with Gasteiger partial charge in [0.15, 0.2) is 0 Å². The van der Waals surface area contributed by atoms with Crippen molar-refractivity contribution in [2.45, 2.75) is 46.2 Å². The van der Waals surface area contributed by atoms with Gasteiger partial charge in [0.25, 0.3) is 0 Å². The van der Waals surface area contributed by atoms with E-state index in [4.69, 9.17) is 5.11 Å². The van der Waals surface area contributed by atoms with Crippen molar-refractivity contribution in [3.8, 4) is 0 Å². The fourth-order valence-electron chi connectivity index (χ4n) is 1.97. The normalized spacial score (nSPS) is 11.7. The second-order valence-electron chi connectivity index (χ2n) is 6.04. The van der Waals surface area contributed by atoms with Gasteiger partial charge in [-0.3, -0.25) is 0 Å². The zero-order valence-corrected chi connectivity index (χ0v) is 14.6. The first kappa shape index (κ1) is 17.5. The Morgan fingerprint density at radius 1 is 1.30 bits per heavy atom. The molecule has 20 heavy (non-hydrogen) atoms. The van der Waals surface area contributed by atoms with Crippen molar-refractivity contribution < 1.29 is 5.11 Å². The predicted octanol–water partition coefficient (Wildman–Crippen LogP) is 3.55. The van der Waals surface area contributed by atoms with Gasteiger partial charge in [0.05, 0.1) is 0 Å². The van der Waals surface area contributed by atoms with Crippen molar-refractivity contribution in [3.05, 3.63) is 28.2 Å². The van der Waals surface area contributed by atoms with Gasteiger partial charge in [-0.2, -0.15) is 0 Å².